The second-order valence-corrected chi connectivity index (χ2v) is 8.76. The molecule has 20 heavy (non-hydrogen) atoms. The molecule has 0 aromatic heterocycles. The molecule has 0 amide bonds. The fourth-order valence-corrected chi connectivity index (χ4v) is 6.01. The zero-order valence-corrected chi connectivity index (χ0v) is 15.9. The van der Waals surface area contributed by atoms with Crippen LogP contribution in [0.1, 0.15) is 88.5 Å². The summed E-state index contributed by atoms with van der Waals surface area (Å²) in [4.78, 5) is 0. The molecule has 0 aliphatic heterocycles. The van der Waals surface area contributed by atoms with Gasteiger partial charge >= 0.3 is 0 Å². The van der Waals surface area contributed by atoms with Crippen LogP contribution in [0.25, 0.3) is 0 Å². The third-order valence-corrected chi connectivity index (χ3v) is 8.38. The Morgan fingerprint density at radius 1 is 1.00 bits per heavy atom. The van der Waals surface area contributed by atoms with Crippen molar-refractivity contribution in [3.05, 3.63) is 0 Å². The van der Waals surface area contributed by atoms with Crippen molar-refractivity contribution in [2.45, 2.75) is 88.5 Å². The fraction of sp³-hybridized carbons (Fsp3) is 1.00. The van der Waals surface area contributed by atoms with Crippen molar-refractivity contribution in [2.75, 3.05) is 0 Å². The van der Waals surface area contributed by atoms with E-state index in [1.165, 1.54) is 19.3 Å². The van der Waals surface area contributed by atoms with E-state index in [2.05, 4.69) is 69.2 Å². The van der Waals surface area contributed by atoms with Crippen LogP contribution in [0.3, 0.4) is 0 Å². The highest BCUT2D eigenvalue weighted by molar-refractivity contribution is 5.18. The van der Waals surface area contributed by atoms with Crippen LogP contribution in [-0.4, -0.2) is 0 Å². The smallest absolute Gasteiger partial charge is 0.0182 e. The van der Waals surface area contributed by atoms with E-state index in [1.54, 1.807) is 0 Å². The molecule has 120 valence electrons. The number of rotatable bonds is 6. The summed E-state index contributed by atoms with van der Waals surface area (Å²) >= 11 is 0. The quantitative estimate of drug-likeness (QED) is 0.502. The van der Waals surface area contributed by atoms with Crippen LogP contribution in [0.15, 0.2) is 0 Å². The van der Waals surface area contributed by atoms with Crippen LogP contribution in [0.5, 0.6) is 0 Å². The van der Waals surface area contributed by atoms with Gasteiger partial charge in [0.2, 0.25) is 0 Å². The summed E-state index contributed by atoms with van der Waals surface area (Å²) in [6.45, 7) is 24.9. The molecule has 1 aliphatic carbocycles. The first-order chi connectivity index (χ1) is 9.05. The van der Waals surface area contributed by atoms with Gasteiger partial charge in [0, 0.05) is 0 Å². The van der Waals surface area contributed by atoms with Gasteiger partial charge in [0.1, 0.15) is 0 Å². The van der Waals surface area contributed by atoms with Crippen LogP contribution in [0.4, 0.5) is 0 Å². The highest BCUT2D eigenvalue weighted by atomic mass is 14.7. The monoisotopic (exact) mass is 280 g/mol. The molecular formula is C20H40. The summed E-state index contributed by atoms with van der Waals surface area (Å²) in [5.41, 5.74) is 1.39. The SMILES string of the molecule is CCCC1(C(C)CC)C(C)C(C)C1(C)C(C)(C)C(C)C. The minimum absolute atomic E-state index is 0.400. The largest absolute Gasteiger partial charge is 0.0654 e. The van der Waals surface area contributed by atoms with Crippen LogP contribution < -0.4 is 0 Å². The topological polar surface area (TPSA) is 0 Å². The molecule has 1 rings (SSSR count). The lowest BCUT2D eigenvalue weighted by Crippen LogP contribution is -2.70. The Morgan fingerprint density at radius 3 is 1.85 bits per heavy atom. The van der Waals surface area contributed by atoms with Gasteiger partial charge in [-0.3, -0.25) is 0 Å². The maximum atomic E-state index is 2.62. The summed E-state index contributed by atoms with van der Waals surface area (Å²) in [6, 6.07) is 0. The first-order valence-electron chi connectivity index (χ1n) is 9.05. The van der Waals surface area contributed by atoms with Crippen LogP contribution >= 0.6 is 0 Å². The van der Waals surface area contributed by atoms with Crippen molar-refractivity contribution < 1.29 is 0 Å². The summed E-state index contributed by atoms with van der Waals surface area (Å²) in [5, 5.41) is 0. The molecule has 0 spiro atoms. The molecule has 0 aromatic rings. The summed E-state index contributed by atoms with van der Waals surface area (Å²) in [6.07, 6.45) is 4.05. The Morgan fingerprint density at radius 2 is 1.50 bits per heavy atom. The Hall–Kier alpha value is 0. The van der Waals surface area contributed by atoms with E-state index in [0.717, 1.165) is 23.7 Å². The molecule has 0 nitrogen and oxygen atoms in total. The second kappa shape index (κ2) is 5.65. The predicted octanol–water partition coefficient (Wildman–Crippen LogP) is 6.79. The van der Waals surface area contributed by atoms with Crippen molar-refractivity contribution >= 4 is 0 Å². The normalized spacial score (nSPS) is 39.8. The number of hydrogen-bond acceptors (Lipinski definition) is 0. The first-order valence-corrected chi connectivity index (χ1v) is 9.05. The second-order valence-electron chi connectivity index (χ2n) is 8.76. The van der Waals surface area contributed by atoms with Crippen molar-refractivity contribution in [2.24, 2.45) is 39.9 Å². The zero-order valence-electron chi connectivity index (χ0n) is 15.9. The van der Waals surface area contributed by atoms with Gasteiger partial charge in [0.15, 0.2) is 0 Å². The summed E-state index contributed by atoms with van der Waals surface area (Å²) in [5.74, 6) is 3.26. The maximum absolute atomic E-state index is 2.62. The molecule has 5 unspecified atom stereocenters. The lowest BCUT2D eigenvalue weighted by molar-refractivity contribution is -0.282. The molecule has 0 heteroatoms. The van der Waals surface area contributed by atoms with Crippen LogP contribution in [0, 0.1) is 39.9 Å². The van der Waals surface area contributed by atoms with E-state index in [4.69, 9.17) is 0 Å². The van der Waals surface area contributed by atoms with Gasteiger partial charge in [-0.2, -0.15) is 0 Å². The first kappa shape index (κ1) is 18.1. The third kappa shape index (κ3) is 1.92. The van der Waals surface area contributed by atoms with Crippen molar-refractivity contribution in [1.29, 1.82) is 0 Å². The summed E-state index contributed by atoms with van der Waals surface area (Å²) in [7, 11) is 0. The van der Waals surface area contributed by atoms with Gasteiger partial charge in [-0.25, -0.2) is 0 Å². The lowest BCUT2D eigenvalue weighted by atomic mass is 9.28. The Balaban J connectivity index is 3.40. The van der Waals surface area contributed by atoms with E-state index < -0.39 is 0 Å². The molecule has 1 fully saturated rings. The average molecular weight is 281 g/mol. The minimum Gasteiger partial charge on any atom is -0.0654 e. The van der Waals surface area contributed by atoms with Gasteiger partial charge in [0.05, 0.1) is 0 Å². The molecular weight excluding hydrogens is 240 g/mol. The molecule has 0 N–H and O–H groups in total. The molecule has 1 saturated carbocycles. The van der Waals surface area contributed by atoms with E-state index in [9.17, 15) is 0 Å². The van der Waals surface area contributed by atoms with E-state index in [0.29, 0.717) is 16.2 Å². The number of hydrogen-bond donors (Lipinski definition) is 0. The van der Waals surface area contributed by atoms with Crippen LogP contribution in [0.2, 0.25) is 0 Å². The average Bonchev–Trinajstić information content (AvgIpc) is 2.41. The molecule has 1 aliphatic rings. The third-order valence-electron chi connectivity index (χ3n) is 8.38. The van der Waals surface area contributed by atoms with Gasteiger partial charge < -0.3 is 0 Å². The Labute approximate surface area is 129 Å². The van der Waals surface area contributed by atoms with Gasteiger partial charge in [-0.05, 0) is 46.3 Å². The molecule has 0 saturated heterocycles. The van der Waals surface area contributed by atoms with Gasteiger partial charge in [-0.15, -0.1) is 0 Å². The minimum atomic E-state index is 0.400. The highest BCUT2D eigenvalue weighted by Crippen LogP contribution is 2.76. The van der Waals surface area contributed by atoms with Crippen molar-refractivity contribution in [3.63, 3.8) is 0 Å². The molecule has 0 bridgehead atoms. The standard InChI is InChI=1S/C20H40/c1-11-13-20(15(5)12-2)17(7)16(6)19(20,10)18(8,9)14(3)4/h14-17H,11-13H2,1-10H3. The zero-order chi connectivity index (χ0) is 15.9. The van der Waals surface area contributed by atoms with Gasteiger partial charge in [0.25, 0.3) is 0 Å². The van der Waals surface area contributed by atoms with Gasteiger partial charge in [-0.1, -0.05) is 82.1 Å². The van der Waals surface area contributed by atoms with Crippen LogP contribution in [-0.2, 0) is 0 Å². The molecule has 0 aromatic carbocycles. The lowest BCUT2D eigenvalue weighted by Gasteiger charge is -2.76. The van der Waals surface area contributed by atoms with E-state index in [-0.39, 0.29) is 0 Å². The highest BCUT2D eigenvalue weighted by Gasteiger charge is 2.71. The molecule has 0 heterocycles. The Kier molecular flexibility index (Phi) is 5.10. The molecule has 0 radical (unpaired) electrons. The van der Waals surface area contributed by atoms with E-state index >= 15 is 0 Å². The van der Waals surface area contributed by atoms with E-state index in [1.807, 2.05) is 0 Å². The fourth-order valence-electron chi connectivity index (χ4n) is 6.01. The van der Waals surface area contributed by atoms with Crippen molar-refractivity contribution in [1.82, 2.24) is 0 Å². The molecule has 5 atom stereocenters. The Bertz CT molecular complexity index is 311. The van der Waals surface area contributed by atoms with Crippen molar-refractivity contribution in [3.8, 4) is 0 Å². The predicted molar refractivity (Wildman–Crippen MR) is 91.9 cm³/mol. The maximum Gasteiger partial charge on any atom is -0.0182 e. The summed E-state index contributed by atoms with van der Waals surface area (Å²) < 4.78 is 0.